The Hall–Kier alpha value is -2.12. The van der Waals surface area contributed by atoms with Gasteiger partial charge < -0.3 is 4.74 Å². The van der Waals surface area contributed by atoms with Gasteiger partial charge in [0.2, 0.25) is 0 Å². The molecule has 0 radical (unpaired) electrons. The summed E-state index contributed by atoms with van der Waals surface area (Å²) in [7, 11) is 0. The minimum Gasteiger partial charge on any atom is -0.409 e. The van der Waals surface area contributed by atoms with Crippen molar-refractivity contribution in [1.29, 1.82) is 0 Å². The Morgan fingerprint density at radius 3 is 2.25 bits per heavy atom. The van der Waals surface area contributed by atoms with Crippen molar-refractivity contribution in [3.8, 4) is 5.75 Å². The predicted molar refractivity (Wildman–Crippen MR) is 46.2 cm³/mol. The molecule has 0 fully saturated rings. The highest BCUT2D eigenvalue weighted by molar-refractivity contribution is 5.70. The molecule has 0 saturated carbocycles. The average Bonchev–Trinajstić information content (AvgIpc) is 2.17. The average molecular weight is 234 g/mol. The molecule has 0 aromatic heterocycles. The normalized spacial score (nSPS) is 10.7. The topological polar surface area (TPSA) is 59.0 Å². The molecule has 5 nitrogen and oxygen atoms in total. The molecule has 0 aliphatic heterocycles. The first-order chi connectivity index (χ1) is 7.45. The summed E-state index contributed by atoms with van der Waals surface area (Å²) in [6.45, 7) is 0. The number of ether oxygens (including phenoxy) is 1. The fourth-order valence-electron chi connectivity index (χ4n) is 0.816. The first-order valence-electron chi connectivity index (χ1n) is 3.92. The summed E-state index contributed by atoms with van der Waals surface area (Å²) in [6, 6.07) is 7.01. The predicted octanol–water partition coefficient (Wildman–Crippen LogP) is 2.69. The van der Waals surface area contributed by atoms with Crippen LogP contribution in [0, 0.1) is 4.91 Å². The van der Waals surface area contributed by atoms with Gasteiger partial charge in [0.15, 0.2) is 0 Å². The summed E-state index contributed by atoms with van der Waals surface area (Å²) in [5.74, 6) is -0.120. The second-order valence-corrected chi connectivity index (χ2v) is 2.54. The summed E-state index contributed by atoms with van der Waals surface area (Å²) < 4.78 is 40.3. The van der Waals surface area contributed by atoms with Crippen LogP contribution in [0.15, 0.2) is 35.6 Å². The highest BCUT2D eigenvalue weighted by atomic mass is 19.4. The van der Waals surface area contributed by atoms with Crippen LogP contribution in [0.5, 0.6) is 5.75 Å². The second kappa shape index (κ2) is 4.60. The molecule has 16 heavy (non-hydrogen) atoms. The van der Waals surface area contributed by atoms with E-state index < -0.39 is 17.4 Å². The van der Waals surface area contributed by atoms with Crippen molar-refractivity contribution in [3.05, 3.63) is 35.2 Å². The van der Waals surface area contributed by atoms with Crippen molar-refractivity contribution < 1.29 is 22.7 Å². The standard InChI is InChI=1S/C8H5F3N2O3/c9-8(10,11)13(12-15)7(14)16-6-4-2-1-3-5-6/h1-5H. The van der Waals surface area contributed by atoms with E-state index >= 15 is 0 Å². The molecule has 1 aromatic rings. The first kappa shape index (κ1) is 12.0. The van der Waals surface area contributed by atoms with E-state index in [1.54, 1.807) is 6.07 Å². The van der Waals surface area contributed by atoms with Gasteiger partial charge in [-0.1, -0.05) is 23.2 Å². The second-order valence-electron chi connectivity index (χ2n) is 2.54. The van der Waals surface area contributed by atoms with E-state index in [9.17, 15) is 22.9 Å². The van der Waals surface area contributed by atoms with Crippen LogP contribution in [0.3, 0.4) is 0 Å². The van der Waals surface area contributed by atoms with Crippen molar-refractivity contribution in [2.24, 2.45) is 5.29 Å². The third-order valence-electron chi connectivity index (χ3n) is 1.44. The molecule has 0 atom stereocenters. The number of amides is 1. The van der Waals surface area contributed by atoms with Gasteiger partial charge in [-0.2, -0.15) is 0 Å². The Bertz CT molecular complexity index is 380. The van der Waals surface area contributed by atoms with Crippen LogP contribution in [-0.2, 0) is 0 Å². The highest BCUT2D eigenvalue weighted by Gasteiger charge is 2.44. The van der Waals surface area contributed by atoms with E-state index in [0.29, 0.717) is 0 Å². The number of carbonyl (C=O) groups excluding carboxylic acids is 1. The zero-order valence-electron chi connectivity index (χ0n) is 7.64. The number of halogens is 3. The number of benzene rings is 1. The molecule has 8 heteroatoms. The van der Waals surface area contributed by atoms with Crippen LogP contribution >= 0.6 is 0 Å². The van der Waals surface area contributed by atoms with E-state index in [1.165, 1.54) is 29.6 Å². The first-order valence-corrected chi connectivity index (χ1v) is 3.92. The Morgan fingerprint density at radius 1 is 1.25 bits per heavy atom. The van der Waals surface area contributed by atoms with Crippen LogP contribution in [-0.4, -0.2) is 17.4 Å². The number of nitroso groups, excluding NO2 is 1. The number of nitrogens with zero attached hydrogens (tertiary/aromatic N) is 2. The zero-order chi connectivity index (χ0) is 12.2. The van der Waals surface area contributed by atoms with Gasteiger partial charge in [0.1, 0.15) is 5.75 Å². The summed E-state index contributed by atoms with van der Waals surface area (Å²) in [5.41, 5.74) is 0. The lowest BCUT2D eigenvalue weighted by atomic mass is 10.3. The Kier molecular flexibility index (Phi) is 3.44. The number of alkyl halides is 3. The van der Waals surface area contributed by atoms with Gasteiger partial charge in [-0.25, -0.2) is 4.79 Å². The van der Waals surface area contributed by atoms with Crippen LogP contribution < -0.4 is 4.74 Å². The summed E-state index contributed by atoms with van der Waals surface area (Å²) in [5, 5.41) is 0.303. The minimum absolute atomic E-state index is 0.120. The Labute approximate surface area is 87.4 Å². The van der Waals surface area contributed by atoms with Gasteiger partial charge in [-0.15, -0.1) is 18.1 Å². The molecule has 0 aliphatic carbocycles. The van der Waals surface area contributed by atoms with E-state index in [-0.39, 0.29) is 5.75 Å². The van der Waals surface area contributed by atoms with Crippen LogP contribution in [0.2, 0.25) is 0 Å². The molecule has 1 amide bonds. The minimum atomic E-state index is -5.20. The van der Waals surface area contributed by atoms with Crippen molar-refractivity contribution in [3.63, 3.8) is 0 Å². The van der Waals surface area contributed by atoms with Gasteiger partial charge >= 0.3 is 12.4 Å². The molecule has 0 unspecified atom stereocenters. The molecule has 0 heterocycles. The third kappa shape index (κ3) is 2.94. The lowest BCUT2D eigenvalue weighted by Crippen LogP contribution is -2.40. The Balaban J connectivity index is 2.75. The third-order valence-corrected chi connectivity index (χ3v) is 1.44. The highest BCUT2D eigenvalue weighted by Crippen LogP contribution is 2.23. The molecule has 0 aliphatic rings. The largest absolute Gasteiger partial charge is 0.512 e. The van der Waals surface area contributed by atoms with E-state index in [4.69, 9.17) is 0 Å². The maximum atomic E-state index is 12.0. The molecule has 86 valence electrons. The number of carbonyl (C=O) groups is 1. The van der Waals surface area contributed by atoms with Gasteiger partial charge in [0.25, 0.3) is 0 Å². The molecule has 0 saturated heterocycles. The zero-order valence-corrected chi connectivity index (χ0v) is 7.64. The summed E-state index contributed by atoms with van der Waals surface area (Å²) in [4.78, 5) is 20.7. The van der Waals surface area contributed by atoms with E-state index in [1.807, 2.05) is 0 Å². The lowest BCUT2D eigenvalue weighted by Gasteiger charge is -2.15. The molecule has 1 aromatic carbocycles. The fraction of sp³-hybridized carbons (Fsp3) is 0.125. The van der Waals surface area contributed by atoms with E-state index in [2.05, 4.69) is 4.74 Å². The van der Waals surface area contributed by atoms with Crippen molar-refractivity contribution in [2.45, 2.75) is 6.30 Å². The van der Waals surface area contributed by atoms with Crippen molar-refractivity contribution >= 4 is 6.09 Å². The lowest BCUT2D eigenvalue weighted by molar-refractivity contribution is -0.228. The number of hydrogen-bond donors (Lipinski definition) is 0. The number of rotatable bonds is 2. The van der Waals surface area contributed by atoms with Gasteiger partial charge in [-0.3, -0.25) is 0 Å². The SMILES string of the molecule is O=NN(C(=O)Oc1ccccc1)C(F)(F)F. The van der Waals surface area contributed by atoms with E-state index in [0.717, 1.165) is 0 Å². The maximum absolute atomic E-state index is 12.0. The summed E-state index contributed by atoms with van der Waals surface area (Å²) in [6.07, 6.45) is -7.11. The monoisotopic (exact) mass is 234 g/mol. The number of hydrogen-bond acceptors (Lipinski definition) is 4. The van der Waals surface area contributed by atoms with Gasteiger partial charge in [-0.05, 0) is 12.1 Å². The van der Waals surface area contributed by atoms with Gasteiger partial charge in [0.05, 0.1) is 5.29 Å². The molecular formula is C8H5F3N2O3. The quantitative estimate of drug-likeness (QED) is 0.449. The van der Waals surface area contributed by atoms with Gasteiger partial charge in [0, 0.05) is 0 Å². The van der Waals surface area contributed by atoms with Crippen molar-refractivity contribution in [2.75, 3.05) is 0 Å². The number of para-hydroxylation sites is 1. The Morgan fingerprint density at radius 2 is 1.81 bits per heavy atom. The van der Waals surface area contributed by atoms with Crippen LogP contribution in [0.4, 0.5) is 18.0 Å². The molecule has 0 bridgehead atoms. The smallest absolute Gasteiger partial charge is 0.409 e. The molecule has 0 N–H and O–H groups in total. The molecular weight excluding hydrogens is 229 g/mol. The van der Waals surface area contributed by atoms with Crippen LogP contribution in [0.1, 0.15) is 0 Å². The van der Waals surface area contributed by atoms with Crippen LogP contribution in [0.25, 0.3) is 0 Å². The molecule has 1 rings (SSSR count). The fourth-order valence-corrected chi connectivity index (χ4v) is 0.816. The maximum Gasteiger partial charge on any atom is 0.512 e. The van der Waals surface area contributed by atoms with Crippen molar-refractivity contribution in [1.82, 2.24) is 5.01 Å². The summed E-state index contributed by atoms with van der Waals surface area (Å²) >= 11 is 0. The molecule has 0 spiro atoms.